The summed E-state index contributed by atoms with van der Waals surface area (Å²) in [6.45, 7) is 3.43. The number of hydrogen-bond acceptors (Lipinski definition) is 4. The first-order valence-electron chi connectivity index (χ1n) is 2.38. The number of carboxylic acid groups (broad SMARTS) is 2. The van der Waals surface area contributed by atoms with Gasteiger partial charge in [0.25, 0.3) is 0 Å². The van der Waals surface area contributed by atoms with Crippen molar-refractivity contribution in [1.29, 1.82) is 0 Å². The van der Waals surface area contributed by atoms with Crippen LogP contribution >= 0.6 is 0 Å². The summed E-state index contributed by atoms with van der Waals surface area (Å²) in [5.41, 5.74) is 0. The van der Waals surface area contributed by atoms with E-state index in [0.717, 1.165) is 0 Å². The summed E-state index contributed by atoms with van der Waals surface area (Å²) in [5, 5.41) is 16.7. The molecule has 4 nitrogen and oxygen atoms in total. The molecule has 0 saturated heterocycles. The standard InChI is InChI=1S/C4H8O.CH2O3.Ca/c1-3-4(2)5;2-1(3)4;/h3H2,1-2H3;(H2,2,3,4);/q;;+2/p-2. The summed E-state index contributed by atoms with van der Waals surface area (Å²) in [6, 6.07) is 0. The summed E-state index contributed by atoms with van der Waals surface area (Å²) in [6.07, 6.45) is -1.67. The van der Waals surface area contributed by atoms with E-state index in [4.69, 9.17) is 15.0 Å². The fraction of sp³-hybridized carbons (Fsp3) is 0.600. The van der Waals surface area contributed by atoms with E-state index in [0.29, 0.717) is 6.42 Å². The van der Waals surface area contributed by atoms with Gasteiger partial charge in [0.05, 0.1) is 0 Å². The number of carbonyl (C=O) groups excluding carboxylic acids is 2. The first-order valence-corrected chi connectivity index (χ1v) is 2.38. The number of rotatable bonds is 1. The molecule has 0 aromatic rings. The maximum atomic E-state index is 9.81. The summed E-state index contributed by atoms with van der Waals surface area (Å²) in [7, 11) is 0. The predicted molar refractivity (Wildman–Crippen MR) is 32.1 cm³/mol. The van der Waals surface area contributed by atoms with Crippen LogP contribution in [0.2, 0.25) is 0 Å². The number of Topliss-reactive ketones (excluding diaryl/α,β-unsaturated/α-hetero) is 1. The summed E-state index contributed by atoms with van der Waals surface area (Å²) < 4.78 is 0. The molecular formula is C5H8CaO4. The molecule has 0 heterocycles. The van der Waals surface area contributed by atoms with E-state index in [1.807, 2.05) is 6.92 Å². The van der Waals surface area contributed by atoms with Gasteiger partial charge in [0.2, 0.25) is 0 Å². The fourth-order valence-corrected chi connectivity index (χ4v) is 0. The van der Waals surface area contributed by atoms with Gasteiger partial charge in [-0.05, 0) is 13.1 Å². The van der Waals surface area contributed by atoms with Crippen molar-refractivity contribution in [2.75, 3.05) is 0 Å². The van der Waals surface area contributed by atoms with Crippen molar-refractivity contribution in [3.8, 4) is 0 Å². The molecule has 0 amide bonds. The van der Waals surface area contributed by atoms with Crippen LogP contribution in [0.1, 0.15) is 20.3 Å². The van der Waals surface area contributed by atoms with Gasteiger partial charge in [0.1, 0.15) is 5.78 Å². The molecule has 0 aromatic heterocycles. The Morgan fingerprint density at radius 2 is 1.40 bits per heavy atom. The minimum Gasteiger partial charge on any atom is -0.652 e. The quantitative estimate of drug-likeness (QED) is 0.435. The van der Waals surface area contributed by atoms with Crippen LogP contribution in [-0.4, -0.2) is 49.7 Å². The molecule has 10 heavy (non-hydrogen) atoms. The molecule has 0 bridgehead atoms. The largest absolute Gasteiger partial charge is 2.00 e. The van der Waals surface area contributed by atoms with Crippen LogP contribution in [0.15, 0.2) is 0 Å². The van der Waals surface area contributed by atoms with E-state index in [-0.39, 0.29) is 43.5 Å². The zero-order chi connectivity index (χ0) is 7.86. The third kappa shape index (κ3) is 87.8. The zero-order valence-electron chi connectivity index (χ0n) is 6.05. The van der Waals surface area contributed by atoms with Crippen LogP contribution in [0, 0.1) is 0 Å². The maximum Gasteiger partial charge on any atom is 2.00 e. The SMILES string of the molecule is CCC(C)=O.O=C([O-])[O-].[Ca+2]. The molecule has 0 atom stereocenters. The van der Waals surface area contributed by atoms with Gasteiger partial charge in [0, 0.05) is 6.42 Å². The molecule has 0 saturated carbocycles. The van der Waals surface area contributed by atoms with E-state index >= 15 is 0 Å². The van der Waals surface area contributed by atoms with Gasteiger partial charge in [-0.3, -0.25) is 0 Å². The van der Waals surface area contributed by atoms with Crippen LogP contribution in [0.3, 0.4) is 0 Å². The second-order valence-corrected chi connectivity index (χ2v) is 1.31. The average molecular weight is 172 g/mol. The zero-order valence-corrected chi connectivity index (χ0v) is 8.26. The van der Waals surface area contributed by atoms with Crippen molar-refractivity contribution >= 4 is 49.7 Å². The van der Waals surface area contributed by atoms with Gasteiger partial charge in [-0.2, -0.15) is 0 Å². The average Bonchev–Trinajstić information content (AvgIpc) is 1.65. The van der Waals surface area contributed by atoms with Crippen molar-refractivity contribution in [2.24, 2.45) is 0 Å². The topological polar surface area (TPSA) is 80.3 Å². The Kier molecular flexibility index (Phi) is 19.9. The minimum atomic E-state index is -2.33. The van der Waals surface area contributed by atoms with E-state index in [1.54, 1.807) is 6.92 Å². The van der Waals surface area contributed by atoms with E-state index < -0.39 is 6.16 Å². The molecule has 0 aromatic carbocycles. The summed E-state index contributed by atoms with van der Waals surface area (Å²) >= 11 is 0. The second-order valence-electron chi connectivity index (χ2n) is 1.31. The van der Waals surface area contributed by atoms with Crippen molar-refractivity contribution < 1.29 is 19.8 Å². The Balaban J connectivity index is -0.0000000910. The Bertz CT molecular complexity index is 97.8. The first-order chi connectivity index (χ1) is 4.00. The Morgan fingerprint density at radius 3 is 1.40 bits per heavy atom. The molecule has 0 aliphatic carbocycles. The second kappa shape index (κ2) is 11.9. The van der Waals surface area contributed by atoms with Gasteiger partial charge in [-0.1, -0.05) is 6.92 Å². The normalized spacial score (nSPS) is 6.20. The third-order valence-corrected chi connectivity index (χ3v) is 0.498. The minimum absolute atomic E-state index is 0. The van der Waals surface area contributed by atoms with E-state index in [2.05, 4.69) is 0 Å². The molecular weight excluding hydrogens is 164 g/mol. The smallest absolute Gasteiger partial charge is 0.652 e. The van der Waals surface area contributed by atoms with Gasteiger partial charge < -0.3 is 19.8 Å². The molecule has 0 fully saturated rings. The predicted octanol–water partition coefficient (Wildman–Crippen LogP) is -1.84. The number of ketones is 1. The molecule has 0 radical (unpaired) electrons. The van der Waals surface area contributed by atoms with Crippen LogP contribution in [0.5, 0.6) is 0 Å². The fourth-order valence-electron chi connectivity index (χ4n) is 0. The van der Waals surface area contributed by atoms with Gasteiger partial charge in [-0.25, -0.2) is 0 Å². The number of hydrogen-bond donors (Lipinski definition) is 0. The third-order valence-electron chi connectivity index (χ3n) is 0.498. The molecule has 0 N–H and O–H groups in total. The van der Waals surface area contributed by atoms with Crippen molar-refractivity contribution in [1.82, 2.24) is 0 Å². The van der Waals surface area contributed by atoms with Crippen molar-refractivity contribution in [3.63, 3.8) is 0 Å². The van der Waals surface area contributed by atoms with Gasteiger partial charge in [-0.15, -0.1) is 0 Å². The molecule has 0 aliphatic rings. The molecule has 54 valence electrons. The molecule has 0 aliphatic heterocycles. The Labute approximate surface area is 89.2 Å². The molecule has 0 unspecified atom stereocenters. The molecule has 0 spiro atoms. The molecule has 0 rings (SSSR count). The summed E-state index contributed by atoms with van der Waals surface area (Å²) in [5.74, 6) is 0.255. The van der Waals surface area contributed by atoms with E-state index in [9.17, 15) is 4.79 Å². The Morgan fingerprint density at radius 1 is 1.30 bits per heavy atom. The van der Waals surface area contributed by atoms with Gasteiger partial charge >= 0.3 is 37.7 Å². The van der Waals surface area contributed by atoms with Gasteiger partial charge in [0.15, 0.2) is 0 Å². The van der Waals surface area contributed by atoms with Crippen LogP contribution in [0.4, 0.5) is 4.79 Å². The van der Waals surface area contributed by atoms with Crippen LogP contribution < -0.4 is 10.2 Å². The van der Waals surface area contributed by atoms with Crippen molar-refractivity contribution in [2.45, 2.75) is 20.3 Å². The number of carbonyl (C=O) groups is 2. The summed E-state index contributed by atoms with van der Waals surface area (Å²) in [4.78, 5) is 18.1. The first kappa shape index (κ1) is 16.7. The van der Waals surface area contributed by atoms with Crippen molar-refractivity contribution in [3.05, 3.63) is 0 Å². The monoisotopic (exact) mass is 172 g/mol. The molecule has 5 heteroatoms. The Hall–Kier alpha value is 0.200. The van der Waals surface area contributed by atoms with E-state index in [1.165, 1.54) is 0 Å². The van der Waals surface area contributed by atoms with Crippen LogP contribution in [-0.2, 0) is 4.79 Å². The maximum absolute atomic E-state index is 9.81. The van der Waals surface area contributed by atoms with Crippen LogP contribution in [0.25, 0.3) is 0 Å².